The van der Waals surface area contributed by atoms with Crippen molar-refractivity contribution in [2.75, 3.05) is 31.6 Å². The van der Waals surface area contributed by atoms with Crippen LogP contribution < -0.4 is 5.32 Å². The summed E-state index contributed by atoms with van der Waals surface area (Å²) >= 11 is 0. The lowest BCUT2D eigenvalue weighted by atomic mass is 10.1. The van der Waals surface area contributed by atoms with Gasteiger partial charge in [0.2, 0.25) is 0 Å². The second-order valence-electron chi connectivity index (χ2n) is 5.27. The van der Waals surface area contributed by atoms with Crippen molar-refractivity contribution >= 4 is 17.5 Å². The fourth-order valence-corrected chi connectivity index (χ4v) is 2.50. The summed E-state index contributed by atoms with van der Waals surface area (Å²) in [5.74, 6) is -0.315. The molecule has 5 nitrogen and oxygen atoms in total. The van der Waals surface area contributed by atoms with E-state index < -0.39 is 0 Å². The fraction of sp³-hybridized carbons (Fsp3) is 0.222. The number of ether oxygens (including phenoxy) is 1. The van der Waals surface area contributed by atoms with E-state index in [1.807, 2.05) is 6.07 Å². The van der Waals surface area contributed by atoms with Crippen molar-refractivity contribution < 1.29 is 14.3 Å². The molecule has 118 valence electrons. The third-order valence-corrected chi connectivity index (χ3v) is 3.74. The van der Waals surface area contributed by atoms with Gasteiger partial charge in [-0.05, 0) is 24.3 Å². The number of benzene rings is 2. The van der Waals surface area contributed by atoms with Crippen LogP contribution in [-0.2, 0) is 4.74 Å². The van der Waals surface area contributed by atoms with E-state index >= 15 is 0 Å². The summed E-state index contributed by atoms with van der Waals surface area (Å²) in [6.45, 7) is 2.23. The maximum absolute atomic E-state index is 12.7. The summed E-state index contributed by atoms with van der Waals surface area (Å²) in [5.41, 5.74) is 1.58. The van der Waals surface area contributed by atoms with Crippen LogP contribution in [0, 0.1) is 0 Å². The Kier molecular flexibility index (Phi) is 4.68. The zero-order valence-electron chi connectivity index (χ0n) is 12.7. The number of hydrogen-bond acceptors (Lipinski definition) is 3. The van der Waals surface area contributed by atoms with Crippen LogP contribution in [-0.4, -0.2) is 43.0 Å². The van der Waals surface area contributed by atoms with E-state index in [9.17, 15) is 9.59 Å². The summed E-state index contributed by atoms with van der Waals surface area (Å²) in [4.78, 5) is 26.7. The van der Waals surface area contributed by atoms with E-state index in [0.29, 0.717) is 43.1 Å². The number of rotatable bonds is 3. The third-order valence-electron chi connectivity index (χ3n) is 3.74. The van der Waals surface area contributed by atoms with Crippen LogP contribution in [0.25, 0.3) is 0 Å². The Morgan fingerprint density at radius 2 is 1.57 bits per heavy atom. The number of amides is 2. The van der Waals surface area contributed by atoms with Crippen LogP contribution in [0.2, 0.25) is 0 Å². The van der Waals surface area contributed by atoms with E-state index in [-0.39, 0.29) is 11.8 Å². The number of nitrogens with zero attached hydrogens (tertiary/aromatic N) is 1. The minimum atomic E-state index is -0.229. The van der Waals surface area contributed by atoms with Crippen molar-refractivity contribution in [1.82, 2.24) is 4.90 Å². The number of carbonyl (C=O) groups excluding carboxylic acids is 2. The molecule has 0 saturated carbocycles. The fourth-order valence-electron chi connectivity index (χ4n) is 2.50. The van der Waals surface area contributed by atoms with Gasteiger partial charge < -0.3 is 15.0 Å². The van der Waals surface area contributed by atoms with E-state index in [2.05, 4.69) is 5.32 Å². The predicted molar refractivity (Wildman–Crippen MR) is 87.6 cm³/mol. The second kappa shape index (κ2) is 7.07. The molecular weight excluding hydrogens is 292 g/mol. The first-order valence-electron chi connectivity index (χ1n) is 7.58. The lowest BCUT2D eigenvalue weighted by Gasteiger charge is -2.27. The Bertz CT molecular complexity index is 694. The number of carbonyl (C=O) groups is 2. The molecule has 0 atom stereocenters. The lowest BCUT2D eigenvalue weighted by molar-refractivity contribution is 0.0303. The molecule has 2 amide bonds. The van der Waals surface area contributed by atoms with Gasteiger partial charge in [-0.3, -0.25) is 9.59 Å². The maximum Gasteiger partial charge on any atom is 0.256 e. The molecule has 2 aromatic carbocycles. The molecule has 1 aliphatic heterocycles. The zero-order chi connectivity index (χ0) is 16.1. The minimum absolute atomic E-state index is 0.0859. The first-order chi connectivity index (χ1) is 11.3. The maximum atomic E-state index is 12.7. The van der Waals surface area contributed by atoms with Crippen LogP contribution in [0.5, 0.6) is 0 Å². The quantitative estimate of drug-likeness (QED) is 0.947. The molecule has 0 spiro atoms. The average molecular weight is 310 g/mol. The SMILES string of the molecule is O=C(Nc1ccccc1C(=O)N1CCOCC1)c1ccccc1. The molecule has 1 aliphatic rings. The van der Waals surface area contributed by atoms with Crippen LogP contribution in [0.4, 0.5) is 5.69 Å². The van der Waals surface area contributed by atoms with Crippen molar-refractivity contribution in [3.05, 3.63) is 65.7 Å². The lowest BCUT2D eigenvalue weighted by Crippen LogP contribution is -2.41. The molecule has 5 heteroatoms. The van der Waals surface area contributed by atoms with E-state index in [0.717, 1.165) is 0 Å². The van der Waals surface area contributed by atoms with E-state index in [1.54, 1.807) is 53.4 Å². The van der Waals surface area contributed by atoms with Crippen molar-refractivity contribution in [2.45, 2.75) is 0 Å². The first kappa shape index (κ1) is 15.2. The standard InChI is InChI=1S/C18H18N2O3/c21-17(14-6-2-1-3-7-14)19-16-9-5-4-8-15(16)18(22)20-10-12-23-13-11-20/h1-9H,10-13H2,(H,19,21). The number of hydrogen-bond donors (Lipinski definition) is 1. The molecule has 2 aromatic rings. The topological polar surface area (TPSA) is 58.6 Å². The predicted octanol–water partition coefficient (Wildman–Crippen LogP) is 2.41. The van der Waals surface area contributed by atoms with Crippen LogP contribution in [0.15, 0.2) is 54.6 Å². The normalized spacial score (nSPS) is 14.3. The van der Waals surface area contributed by atoms with Gasteiger partial charge in [0.1, 0.15) is 0 Å². The molecule has 1 heterocycles. The number of anilines is 1. The Labute approximate surface area is 134 Å². The van der Waals surface area contributed by atoms with Crippen LogP contribution in [0.3, 0.4) is 0 Å². The highest BCUT2D eigenvalue weighted by atomic mass is 16.5. The summed E-state index contributed by atoms with van der Waals surface area (Å²) in [6.07, 6.45) is 0. The minimum Gasteiger partial charge on any atom is -0.378 e. The molecule has 0 radical (unpaired) electrons. The molecule has 0 aromatic heterocycles. The van der Waals surface area contributed by atoms with Gasteiger partial charge in [-0.15, -0.1) is 0 Å². The van der Waals surface area contributed by atoms with Gasteiger partial charge in [-0.1, -0.05) is 30.3 Å². The molecule has 1 saturated heterocycles. The highest BCUT2D eigenvalue weighted by Crippen LogP contribution is 2.19. The number of morpholine rings is 1. The molecule has 0 aliphatic carbocycles. The molecule has 0 unspecified atom stereocenters. The van der Waals surface area contributed by atoms with Crippen molar-refractivity contribution in [3.63, 3.8) is 0 Å². The van der Waals surface area contributed by atoms with Crippen LogP contribution >= 0.6 is 0 Å². The second-order valence-corrected chi connectivity index (χ2v) is 5.27. The van der Waals surface area contributed by atoms with Gasteiger partial charge in [-0.2, -0.15) is 0 Å². The molecular formula is C18H18N2O3. The van der Waals surface area contributed by atoms with Crippen molar-refractivity contribution in [3.8, 4) is 0 Å². The number of para-hydroxylation sites is 1. The Balaban J connectivity index is 1.80. The van der Waals surface area contributed by atoms with Crippen LogP contribution in [0.1, 0.15) is 20.7 Å². The average Bonchev–Trinajstić information content (AvgIpc) is 2.63. The summed E-state index contributed by atoms with van der Waals surface area (Å²) in [6, 6.07) is 16.0. The first-order valence-corrected chi connectivity index (χ1v) is 7.58. The molecule has 3 rings (SSSR count). The summed E-state index contributed by atoms with van der Waals surface area (Å²) in [5, 5.41) is 2.83. The molecule has 1 fully saturated rings. The zero-order valence-corrected chi connectivity index (χ0v) is 12.7. The smallest absolute Gasteiger partial charge is 0.256 e. The molecule has 1 N–H and O–H groups in total. The van der Waals surface area contributed by atoms with Gasteiger partial charge in [0, 0.05) is 18.7 Å². The van der Waals surface area contributed by atoms with Crippen molar-refractivity contribution in [2.24, 2.45) is 0 Å². The highest BCUT2D eigenvalue weighted by Gasteiger charge is 2.21. The van der Waals surface area contributed by atoms with E-state index in [4.69, 9.17) is 4.74 Å². The Morgan fingerprint density at radius 1 is 0.913 bits per heavy atom. The summed E-state index contributed by atoms with van der Waals surface area (Å²) < 4.78 is 5.27. The van der Waals surface area contributed by atoms with Gasteiger partial charge >= 0.3 is 0 Å². The molecule has 0 bridgehead atoms. The Hall–Kier alpha value is -2.66. The molecule has 23 heavy (non-hydrogen) atoms. The number of nitrogens with one attached hydrogen (secondary N) is 1. The monoisotopic (exact) mass is 310 g/mol. The largest absolute Gasteiger partial charge is 0.378 e. The Morgan fingerprint density at radius 3 is 2.30 bits per heavy atom. The van der Waals surface area contributed by atoms with E-state index in [1.165, 1.54) is 0 Å². The van der Waals surface area contributed by atoms with Gasteiger partial charge in [0.25, 0.3) is 11.8 Å². The third kappa shape index (κ3) is 3.57. The van der Waals surface area contributed by atoms with Gasteiger partial charge in [-0.25, -0.2) is 0 Å². The van der Waals surface area contributed by atoms with Gasteiger partial charge in [0.05, 0.1) is 24.5 Å². The van der Waals surface area contributed by atoms with Gasteiger partial charge in [0.15, 0.2) is 0 Å². The van der Waals surface area contributed by atoms with Crippen molar-refractivity contribution in [1.29, 1.82) is 0 Å². The summed E-state index contributed by atoms with van der Waals surface area (Å²) in [7, 11) is 0. The highest BCUT2D eigenvalue weighted by molar-refractivity contribution is 6.09.